The van der Waals surface area contributed by atoms with Gasteiger partial charge in [0.1, 0.15) is 0 Å². The number of carbonyl (C=O) groups is 1. The highest BCUT2D eigenvalue weighted by Gasteiger charge is 2.18. The number of hydrogen-bond donors (Lipinski definition) is 3. The van der Waals surface area contributed by atoms with Crippen LogP contribution in [-0.2, 0) is 10.0 Å². The molecular weight excluding hydrogens is 434 g/mol. The Morgan fingerprint density at radius 1 is 1.14 bits per heavy atom. The number of amides is 1. The highest BCUT2D eigenvalue weighted by Crippen LogP contribution is 2.22. The summed E-state index contributed by atoms with van der Waals surface area (Å²) in [5.74, 6) is -0.283. The summed E-state index contributed by atoms with van der Waals surface area (Å²) in [6.45, 7) is 0. The number of ether oxygens (including phenoxy) is 1. The van der Waals surface area contributed by atoms with Crippen LogP contribution in [0.1, 0.15) is 9.67 Å². The van der Waals surface area contributed by atoms with E-state index in [9.17, 15) is 13.2 Å². The molecule has 29 heavy (non-hydrogen) atoms. The van der Waals surface area contributed by atoms with E-state index in [0.717, 1.165) is 0 Å². The molecule has 1 aromatic carbocycles. The molecule has 0 aliphatic rings. The van der Waals surface area contributed by atoms with Gasteiger partial charge in [0.25, 0.3) is 21.8 Å². The molecule has 3 N–H and O–H groups in total. The third-order valence-corrected chi connectivity index (χ3v) is 5.91. The molecule has 0 spiro atoms. The van der Waals surface area contributed by atoms with Crippen LogP contribution >= 0.6 is 23.6 Å². The Labute approximate surface area is 176 Å². The van der Waals surface area contributed by atoms with Crippen molar-refractivity contribution in [2.24, 2.45) is 0 Å². The van der Waals surface area contributed by atoms with Crippen LogP contribution in [0, 0.1) is 0 Å². The normalized spacial score (nSPS) is 10.8. The van der Waals surface area contributed by atoms with Crippen molar-refractivity contribution in [2.75, 3.05) is 17.1 Å². The lowest BCUT2D eigenvalue weighted by molar-refractivity contribution is 0.0981. The van der Waals surface area contributed by atoms with Crippen LogP contribution in [0.25, 0.3) is 0 Å². The Morgan fingerprint density at radius 3 is 2.52 bits per heavy atom. The largest absolute Gasteiger partial charge is 0.478 e. The molecule has 1 amide bonds. The van der Waals surface area contributed by atoms with Gasteiger partial charge in [-0.1, -0.05) is 6.07 Å². The number of sulfonamides is 1. The Balaban J connectivity index is 1.66. The van der Waals surface area contributed by atoms with Gasteiger partial charge in [-0.15, -0.1) is 11.3 Å². The van der Waals surface area contributed by atoms with E-state index in [1.807, 2.05) is 0 Å². The van der Waals surface area contributed by atoms with Crippen molar-refractivity contribution in [3.63, 3.8) is 0 Å². The molecule has 0 saturated carbocycles. The second-order valence-electron chi connectivity index (χ2n) is 5.43. The summed E-state index contributed by atoms with van der Waals surface area (Å²) in [5.41, 5.74) is 0.512. The van der Waals surface area contributed by atoms with Gasteiger partial charge in [0.05, 0.1) is 16.9 Å². The fourth-order valence-electron chi connectivity index (χ4n) is 2.18. The van der Waals surface area contributed by atoms with Crippen molar-refractivity contribution < 1.29 is 17.9 Å². The SMILES string of the molecule is COc1nccnc1NS(=O)(=O)c1ccc(NC(=S)NC(=O)c2cccs2)cc1. The van der Waals surface area contributed by atoms with Gasteiger partial charge in [-0.2, -0.15) is 0 Å². The van der Waals surface area contributed by atoms with Crippen LogP contribution in [0.4, 0.5) is 11.5 Å². The zero-order valence-electron chi connectivity index (χ0n) is 14.9. The summed E-state index contributed by atoms with van der Waals surface area (Å²) in [6.07, 6.45) is 2.73. The maximum atomic E-state index is 12.5. The molecule has 0 aliphatic carbocycles. The zero-order valence-corrected chi connectivity index (χ0v) is 17.4. The minimum absolute atomic E-state index is 0.00398. The molecule has 0 aliphatic heterocycles. The van der Waals surface area contributed by atoms with E-state index in [-0.39, 0.29) is 27.6 Å². The number of rotatable bonds is 6. The van der Waals surface area contributed by atoms with Crippen molar-refractivity contribution in [2.45, 2.75) is 4.90 Å². The van der Waals surface area contributed by atoms with Gasteiger partial charge in [0.15, 0.2) is 5.11 Å². The van der Waals surface area contributed by atoms with Crippen LogP contribution in [0.15, 0.2) is 59.1 Å². The van der Waals surface area contributed by atoms with Gasteiger partial charge < -0.3 is 10.1 Å². The smallest absolute Gasteiger partial charge is 0.267 e. The average molecular weight is 450 g/mol. The quantitative estimate of drug-likeness (QED) is 0.491. The van der Waals surface area contributed by atoms with Crippen molar-refractivity contribution in [1.82, 2.24) is 15.3 Å². The number of methoxy groups -OCH3 is 1. The number of thiocarbonyl (C=S) groups is 1. The van der Waals surface area contributed by atoms with Crippen molar-refractivity contribution in [3.8, 4) is 5.88 Å². The van der Waals surface area contributed by atoms with Crippen LogP contribution in [0.3, 0.4) is 0 Å². The molecule has 0 radical (unpaired) electrons. The highest BCUT2D eigenvalue weighted by molar-refractivity contribution is 7.92. The summed E-state index contributed by atoms with van der Waals surface area (Å²) in [7, 11) is -2.54. The number of nitrogens with one attached hydrogen (secondary N) is 3. The topological polar surface area (TPSA) is 122 Å². The second kappa shape index (κ2) is 8.94. The summed E-state index contributed by atoms with van der Waals surface area (Å²) >= 11 is 6.40. The molecule has 0 bridgehead atoms. The molecular formula is C17H15N5O4S3. The first-order valence-corrected chi connectivity index (χ1v) is 10.8. The number of anilines is 2. The first-order chi connectivity index (χ1) is 13.9. The van der Waals surface area contributed by atoms with Gasteiger partial charge in [-0.25, -0.2) is 18.4 Å². The second-order valence-corrected chi connectivity index (χ2v) is 8.47. The fourth-order valence-corrected chi connectivity index (χ4v) is 4.02. The van der Waals surface area contributed by atoms with Crippen LogP contribution in [0.2, 0.25) is 0 Å². The molecule has 0 atom stereocenters. The number of hydrogen-bond acceptors (Lipinski definition) is 8. The first kappa shape index (κ1) is 20.6. The maximum Gasteiger partial charge on any atom is 0.267 e. The van der Waals surface area contributed by atoms with Gasteiger partial charge >= 0.3 is 0 Å². The minimum Gasteiger partial charge on any atom is -0.478 e. The molecule has 0 unspecified atom stereocenters. The Morgan fingerprint density at radius 2 is 1.86 bits per heavy atom. The van der Waals surface area contributed by atoms with E-state index < -0.39 is 10.0 Å². The van der Waals surface area contributed by atoms with E-state index in [1.165, 1.54) is 55.1 Å². The van der Waals surface area contributed by atoms with Crippen molar-refractivity contribution >= 4 is 56.1 Å². The number of thiophene rings is 1. The number of benzene rings is 1. The summed E-state index contributed by atoms with van der Waals surface area (Å²) in [5, 5.41) is 7.27. The standard InChI is InChI=1S/C17H15N5O4S3/c1-26-16-14(18-8-9-19-16)22-29(24,25)12-6-4-11(5-7-12)20-17(27)21-15(23)13-3-2-10-28-13/h2-10H,1H3,(H,18,22)(H2,20,21,23,27). The van der Waals surface area contributed by atoms with Crippen molar-refractivity contribution in [1.29, 1.82) is 0 Å². The molecule has 3 rings (SSSR count). The minimum atomic E-state index is -3.90. The van der Waals surface area contributed by atoms with Crippen LogP contribution in [-0.4, -0.2) is 36.5 Å². The fraction of sp³-hybridized carbons (Fsp3) is 0.0588. The number of nitrogens with zero attached hydrogens (tertiary/aromatic N) is 2. The summed E-state index contributed by atoms with van der Waals surface area (Å²) < 4.78 is 32.4. The Bertz CT molecular complexity index is 1120. The Kier molecular flexibility index (Phi) is 6.36. The summed E-state index contributed by atoms with van der Waals surface area (Å²) in [4.78, 5) is 20.3. The lowest BCUT2D eigenvalue weighted by Crippen LogP contribution is -2.33. The van der Waals surface area contributed by atoms with Gasteiger partial charge in [-0.3, -0.25) is 14.8 Å². The van der Waals surface area contributed by atoms with E-state index in [1.54, 1.807) is 17.5 Å². The molecule has 2 heterocycles. The lowest BCUT2D eigenvalue weighted by atomic mass is 10.3. The van der Waals surface area contributed by atoms with Crippen molar-refractivity contribution in [3.05, 3.63) is 59.0 Å². The highest BCUT2D eigenvalue weighted by atomic mass is 32.2. The summed E-state index contributed by atoms with van der Waals surface area (Å²) in [6, 6.07) is 9.26. The van der Waals surface area contributed by atoms with Gasteiger partial charge in [0, 0.05) is 18.1 Å². The van der Waals surface area contributed by atoms with Crippen LogP contribution in [0.5, 0.6) is 5.88 Å². The molecule has 0 fully saturated rings. The van der Waals surface area contributed by atoms with E-state index in [4.69, 9.17) is 17.0 Å². The first-order valence-electron chi connectivity index (χ1n) is 8.03. The van der Waals surface area contributed by atoms with Gasteiger partial charge in [-0.05, 0) is 47.9 Å². The average Bonchev–Trinajstić information content (AvgIpc) is 3.23. The van der Waals surface area contributed by atoms with E-state index >= 15 is 0 Å². The zero-order chi connectivity index (χ0) is 20.9. The molecule has 150 valence electrons. The lowest BCUT2D eigenvalue weighted by Gasteiger charge is -2.11. The predicted octanol–water partition coefficient (Wildman–Crippen LogP) is 2.47. The molecule has 2 aromatic heterocycles. The van der Waals surface area contributed by atoms with E-state index in [0.29, 0.717) is 10.6 Å². The third-order valence-electron chi connectivity index (χ3n) is 3.48. The van der Waals surface area contributed by atoms with Crippen LogP contribution < -0.4 is 20.1 Å². The third kappa shape index (κ3) is 5.25. The van der Waals surface area contributed by atoms with Gasteiger partial charge in [0.2, 0.25) is 5.82 Å². The number of carbonyl (C=O) groups excluding carboxylic acids is 1. The predicted molar refractivity (Wildman–Crippen MR) is 114 cm³/mol. The molecule has 0 saturated heterocycles. The molecule has 9 nitrogen and oxygen atoms in total. The maximum absolute atomic E-state index is 12.5. The number of aromatic nitrogens is 2. The molecule has 3 aromatic rings. The molecule has 12 heteroatoms. The Hall–Kier alpha value is -3.09. The monoisotopic (exact) mass is 449 g/mol. The van der Waals surface area contributed by atoms with E-state index in [2.05, 4.69) is 25.3 Å².